The second-order valence-corrected chi connectivity index (χ2v) is 6.57. The van der Waals surface area contributed by atoms with Gasteiger partial charge in [-0.25, -0.2) is 8.78 Å². The molecule has 2 amide bonds. The van der Waals surface area contributed by atoms with Gasteiger partial charge in [0.25, 0.3) is 5.91 Å². The summed E-state index contributed by atoms with van der Waals surface area (Å²) in [5.74, 6) is -1.52. The van der Waals surface area contributed by atoms with Crippen LogP contribution in [0.25, 0.3) is 0 Å². The summed E-state index contributed by atoms with van der Waals surface area (Å²) < 4.78 is 32.6. The number of fused-ring (bicyclic) bond motifs is 1. The first kappa shape index (κ1) is 18.2. The van der Waals surface area contributed by atoms with Gasteiger partial charge in [-0.15, -0.1) is 11.8 Å². The summed E-state index contributed by atoms with van der Waals surface area (Å²) in [6.45, 7) is 0.0434. The van der Waals surface area contributed by atoms with Gasteiger partial charge in [-0.3, -0.25) is 9.59 Å². The molecule has 0 aromatic heterocycles. The van der Waals surface area contributed by atoms with Crippen molar-refractivity contribution in [3.8, 4) is 5.75 Å². The molecular weight excluding hydrogens is 362 g/mol. The largest absolute Gasteiger partial charge is 0.477 e. The Labute approximate surface area is 153 Å². The van der Waals surface area contributed by atoms with Gasteiger partial charge in [0, 0.05) is 11.9 Å². The Kier molecular flexibility index (Phi) is 5.41. The maximum absolute atomic E-state index is 13.7. The van der Waals surface area contributed by atoms with E-state index in [1.54, 1.807) is 24.3 Å². The van der Waals surface area contributed by atoms with Crippen molar-refractivity contribution >= 4 is 29.3 Å². The average molecular weight is 378 g/mol. The second-order valence-electron chi connectivity index (χ2n) is 5.56. The van der Waals surface area contributed by atoms with E-state index < -0.39 is 17.7 Å². The highest BCUT2D eigenvalue weighted by Gasteiger charge is 2.33. The number of halogens is 2. The number of para-hydroxylation sites is 2. The van der Waals surface area contributed by atoms with Crippen molar-refractivity contribution < 1.29 is 23.1 Å². The molecule has 1 heterocycles. The molecule has 136 valence electrons. The van der Waals surface area contributed by atoms with E-state index in [0.717, 1.165) is 30.0 Å². The molecule has 1 aliphatic rings. The SMILES string of the molecule is CNC(=O)[C@@H]1CN(C(=O)CSc2cc(F)ccc2F)c2ccccc2O1. The van der Waals surface area contributed by atoms with E-state index in [9.17, 15) is 18.4 Å². The third kappa shape index (κ3) is 3.80. The number of anilines is 1. The number of hydrogen-bond acceptors (Lipinski definition) is 4. The van der Waals surface area contributed by atoms with Gasteiger partial charge in [0.15, 0.2) is 6.10 Å². The van der Waals surface area contributed by atoms with Crippen molar-refractivity contribution in [2.45, 2.75) is 11.0 Å². The van der Waals surface area contributed by atoms with Crippen LogP contribution in [0.2, 0.25) is 0 Å². The van der Waals surface area contributed by atoms with Gasteiger partial charge in [-0.1, -0.05) is 12.1 Å². The molecule has 1 N–H and O–H groups in total. The summed E-state index contributed by atoms with van der Waals surface area (Å²) >= 11 is 0.905. The number of hydrogen-bond donors (Lipinski definition) is 1. The number of thioether (sulfide) groups is 1. The van der Waals surface area contributed by atoms with E-state index in [0.29, 0.717) is 11.4 Å². The normalized spacial score (nSPS) is 15.8. The minimum Gasteiger partial charge on any atom is -0.477 e. The first-order chi connectivity index (χ1) is 12.5. The predicted octanol–water partition coefficient (Wildman–Crippen LogP) is 2.60. The van der Waals surface area contributed by atoms with Crippen LogP contribution in [-0.4, -0.2) is 37.3 Å². The smallest absolute Gasteiger partial charge is 0.262 e. The fraction of sp³-hybridized carbons (Fsp3) is 0.222. The summed E-state index contributed by atoms with van der Waals surface area (Å²) in [6.07, 6.45) is -0.838. The third-order valence-corrected chi connectivity index (χ3v) is 4.87. The molecule has 1 aliphatic heterocycles. The maximum Gasteiger partial charge on any atom is 0.262 e. The molecule has 0 saturated heterocycles. The molecule has 0 saturated carbocycles. The van der Waals surface area contributed by atoms with E-state index in [2.05, 4.69) is 5.32 Å². The fourth-order valence-corrected chi connectivity index (χ4v) is 3.41. The molecule has 5 nitrogen and oxygen atoms in total. The molecule has 0 radical (unpaired) electrons. The van der Waals surface area contributed by atoms with E-state index in [1.165, 1.54) is 11.9 Å². The first-order valence-corrected chi connectivity index (χ1v) is 8.83. The van der Waals surface area contributed by atoms with E-state index in [4.69, 9.17) is 4.74 Å². The van der Waals surface area contributed by atoms with Crippen LogP contribution < -0.4 is 15.0 Å². The fourth-order valence-electron chi connectivity index (χ4n) is 2.57. The summed E-state index contributed by atoms with van der Waals surface area (Å²) in [6, 6.07) is 9.96. The van der Waals surface area contributed by atoms with Crippen molar-refractivity contribution in [3.63, 3.8) is 0 Å². The number of nitrogens with zero attached hydrogens (tertiary/aromatic N) is 1. The van der Waals surface area contributed by atoms with Gasteiger partial charge < -0.3 is 15.0 Å². The predicted molar refractivity (Wildman–Crippen MR) is 94.4 cm³/mol. The van der Waals surface area contributed by atoms with Gasteiger partial charge >= 0.3 is 0 Å². The van der Waals surface area contributed by atoms with Crippen LogP contribution in [0.1, 0.15) is 0 Å². The Bertz CT molecular complexity index is 847. The monoisotopic (exact) mass is 378 g/mol. The minimum absolute atomic E-state index is 0.0434. The number of carbonyl (C=O) groups excluding carboxylic acids is 2. The Morgan fingerprint density at radius 3 is 2.81 bits per heavy atom. The standard InChI is InChI=1S/C18H16F2N2O3S/c1-21-18(24)15-9-22(13-4-2-3-5-14(13)25-15)17(23)10-26-16-8-11(19)6-7-12(16)20/h2-8,15H,9-10H2,1H3,(H,21,24)/t15-/m0/s1. The molecular formula is C18H16F2N2O3S. The number of amides is 2. The van der Waals surface area contributed by atoms with E-state index >= 15 is 0 Å². The second kappa shape index (κ2) is 7.74. The lowest BCUT2D eigenvalue weighted by molar-refractivity contribution is -0.127. The van der Waals surface area contributed by atoms with Gasteiger partial charge in [0.1, 0.15) is 17.4 Å². The molecule has 3 rings (SSSR count). The van der Waals surface area contributed by atoms with Crippen LogP contribution in [0.15, 0.2) is 47.4 Å². The lowest BCUT2D eigenvalue weighted by Crippen LogP contribution is -2.50. The van der Waals surface area contributed by atoms with Gasteiger partial charge in [-0.05, 0) is 30.3 Å². The number of ether oxygens (including phenoxy) is 1. The summed E-state index contributed by atoms with van der Waals surface area (Å²) in [5, 5.41) is 2.50. The Morgan fingerprint density at radius 1 is 1.27 bits per heavy atom. The first-order valence-electron chi connectivity index (χ1n) is 7.85. The van der Waals surface area contributed by atoms with Crippen LogP contribution in [-0.2, 0) is 9.59 Å². The molecule has 26 heavy (non-hydrogen) atoms. The van der Waals surface area contributed by atoms with Gasteiger partial charge in [0.05, 0.1) is 18.0 Å². The zero-order chi connectivity index (χ0) is 18.7. The highest BCUT2D eigenvalue weighted by Crippen LogP contribution is 2.34. The highest BCUT2D eigenvalue weighted by atomic mass is 32.2. The third-order valence-electron chi connectivity index (χ3n) is 3.86. The van der Waals surface area contributed by atoms with Crippen LogP contribution in [0, 0.1) is 11.6 Å². The lowest BCUT2D eigenvalue weighted by Gasteiger charge is -2.34. The number of carbonyl (C=O) groups is 2. The number of rotatable bonds is 4. The molecule has 2 aromatic carbocycles. The molecule has 1 atom stereocenters. The number of likely N-dealkylation sites (N-methyl/N-ethyl adjacent to an activating group) is 1. The summed E-state index contributed by atoms with van der Waals surface area (Å²) in [7, 11) is 1.49. The van der Waals surface area contributed by atoms with E-state index in [1.807, 2.05) is 0 Å². The van der Waals surface area contributed by atoms with Crippen LogP contribution >= 0.6 is 11.8 Å². The topological polar surface area (TPSA) is 58.6 Å². The lowest BCUT2D eigenvalue weighted by atomic mass is 10.2. The molecule has 2 aromatic rings. The minimum atomic E-state index is -0.838. The van der Waals surface area contributed by atoms with Crippen molar-refractivity contribution in [3.05, 3.63) is 54.1 Å². The van der Waals surface area contributed by atoms with Crippen molar-refractivity contribution in [2.24, 2.45) is 0 Å². The van der Waals surface area contributed by atoms with Crippen molar-refractivity contribution in [1.29, 1.82) is 0 Å². The van der Waals surface area contributed by atoms with Crippen LogP contribution in [0.5, 0.6) is 5.75 Å². The van der Waals surface area contributed by atoms with Crippen LogP contribution in [0.3, 0.4) is 0 Å². The zero-order valence-corrected chi connectivity index (χ0v) is 14.7. The van der Waals surface area contributed by atoms with Crippen molar-refractivity contribution in [2.75, 3.05) is 24.2 Å². The van der Waals surface area contributed by atoms with E-state index in [-0.39, 0.29) is 29.0 Å². The van der Waals surface area contributed by atoms with Crippen LogP contribution in [0.4, 0.5) is 14.5 Å². The van der Waals surface area contributed by atoms with Gasteiger partial charge in [-0.2, -0.15) is 0 Å². The molecule has 0 fully saturated rings. The average Bonchev–Trinajstić information content (AvgIpc) is 2.66. The molecule has 0 unspecified atom stereocenters. The quantitative estimate of drug-likeness (QED) is 0.831. The van der Waals surface area contributed by atoms with Gasteiger partial charge in [0.2, 0.25) is 5.91 Å². The number of nitrogens with one attached hydrogen (secondary N) is 1. The molecule has 0 spiro atoms. The number of benzene rings is 2. The molecule has 0 aliphatic carbocycles. The summed E-state index contributed by atoms with van der Waals surface area (Å²) in [5.41, 5.74) is 0.540. The zero-order valence-electron chi connectivity index (χ0n) is 13.9. The van der Waals surface area contributed by atoms with Crippen molar-refractivity contribution in [1.82, 2.24) is 5.32 Å². The maximum atomic E-state index is 13.7. The Morgan fingerprint density at radius 2 is 2.04 bits per heavy atom. The molecule has 0 bridgehead atoms. The molecule has 8 heteroatoms. The Hall–Kier alpha value is -2.61. The summed E-state index contributed by atoms with van der Waals surface area (Å²) in [4.78, 5) is 26.1. The highest BCUT2D eigenvalue weighted by molar-refractivity contribution is 8.00. The Balaban J connectivity index is 1.79.